The van der Waals surface area contributed by atoms with E-state index in [2.05, 4.69) is 0 Å². The van der Waals surface area contributed by atoms with Crippen molar-refractivity contribution in [3.8, 4) is 0 Å². The Morgan fingerprint density at radius 1 is 0.706 bits per heavy atom. The highest BCUT2D eigenvalue weighted by Crippen LogP contribution is 2.02. The van der Waals surface area contributed by atoms with Gasteiger partial charge >= 0.3 is 0 Å². The number of Topliss-reactive ketones (excluding diaryl/α,β-unsaturated/α-hetero) is 1. The molecule has 34 heavy (non-hydrogen) atoms. The summed E-state index contributed by atoms with van der Waals surface area (Å²) < 4.78 is 0. The first kappa shape index (κ1) is 63.5. The summed E-state index contributed by atoms with van der Waals surface area (Å²) in [6.07, 6.45) is 0. The maximum Gasteiger partial charge on any atom is 0.241 e. The molecule has 0 N–H and O–H groups in total. The summed E-state index contributed by atoms with van der Waals surface area (Å²) in [5, 5.41) is 29.0. The van der Waals surface area contributed by atoms with Gasteiger partial charge in [0, 0.05) is 61.8 Å². The first-order valence-electron chi connectivity index (χ1n) is 10.6. The Balaban J connectivity index is -0.0000000261. The van der Waals surface area contributed by atoms with E-state index in [1.807, 2.05) is 55.4 Å². The maximum atomic E-state index is 9.95. The largest absolute Gasteiger partial charge is 0.300 e. The Labute approximate surface area is 214 Å². The number of nitrogens with zero attached hydrogens (tertiary/aromatic N) is 3. The Bertz CT molecular complexity index is 471. The van der Waals surface area contributed by atoms with Gasteiger partial charge in [-0.25, -0.2) is 0 Å². The Morgan fingerprint density at radius 2 is 0.912 bits per heavy atom. The molecule has 0 aliphatic rings. The molecule has 0 saturated carbocycles. The van der Waals surface area contributed by atoms with Crippen LogP contribution in [-0.2, 0) is 4.79 Å². The van der Waals surface area contributed by atoms with Crippen molar-refractivity contribution in [2.24, 2.45) is 5.92 Å². The molecule has 0 aliphatic carbocycles. The molecule has 0 aliphatic heterocycles. The fourth-order valence-electron chi connectivity index (χ4n) is 0.426. The number of carbonyl (C=O) groups is 1. The molecule has 0 saturated heterocycles. The summed E-state index contributed by atoms with van der Waals surface area (Å²) >= 11 is 0. The molecular formula is C21H49B3N3O7. The van der Waals surface area contributed by atoms with Crippen molar-refractivity contribution in [1.29, 1.82) is 0 Å². The average molecular weight is 488 g/mol. The molecule has 0 heterocycles. The van der Waals surface area contributed by atoms with Crippen molar-refractivity contribution < 1.29 is 19.6 Å². The lowest BCUT2D eigenvalue weighted by Crippen LogP contribution is -2.20. The molecule has 0 fully saturated rings. The number of carbonyl (C=O) groups excluding carboxylic acids is 1. The average Bonchev–Trinajstić information content (AvgIpc) is 2.71. The van der Waals surface area contributed by atoms with Crippen molar-refractivity contribution in [2.75, 3.05) is 6.54 Å². The van der Waals surface area contributed by atoms with Gasteiger partial charge in [-0.2, -0.15) is 0 Å². The van der Waals surface area contributed by atoms with Gasteiger partial charge < -0.3 is 4.79 Å². The number of hydrogen-bond donors (Lipinski definition) is 0. The number of nitro groups is 3. The van der Waals surface area contributed by atoms with Crippen LogP contribution in [0.2, 0.25) is 0 Å². The number of hydrogen-bond acceptors (Lipinski definition) is 7. The zero-order valence-corrected chi connectivity index (χ0v) is 24.3. The molecule has 10 nitrogen and oxygen atoms in total. The quantitative estimate of drug-likeness (QED) is 0.280. The number of ketones is 1. The SMILES string of the molecule is CC.CC.CC.CC(C)=C(C)[N+](=O)[O-].CC(C)=O.CC(C)C(C)[N+](=O)[O-].CC[N+](=O)[O-].[B].[B].[B]. The highest BCUT2D eigenvalue weighted by molar-refractivity contribution is 5.76. The third kappa shape index (κ3) is 99.0. The molecule has 0 bridgehead atoms. The van der Waals surface area contributed by atoms with Crippen LogP contribution in [0.25, 0.3) is 0 Å². The van der Waals surface area contributed by atoms with Gasteiger partial charge in [0.15, 0.2) is 0 Å². The smallest absolute Gasteiger partial charge is 0.241 e. The van der Waals surface area contributed by atoms with Crippen LogP contribution in [0, 0.1) is 36.3 Å². The van der Waals surface area contributed by atoms with E-state index >= 15 is 0 Å². The van der Waals surface area contributed by atoms with Gasteiger partial charge in [0.25, 0.3) is 0 Å². The predicted molar refractivity (Wildman–Crippen MR) is 148 cm³/mol. The van der Waals surface area contributed by atoms with Crippen molar-refractivity contribution in [3.63, 3.8) is 0 Å². The molecule has 0 rings (SSSR count). The molecule has 1 unspecified atom stereocenters. The van der Waals surface area contributed by atoms with E-state index in [0.717, 1.165) is 5.57 Å². The number of rotatable bonds is 4. The first-order valence-corrected chi connectivity index (χ1v) is 10.6. The predicted octanol–water partition coefficient (Wildman–Crippen LogP) is 5.70. The van der Waals surface area contributed by atoms with Gasteiger partial charge in [0.2, 0.25) is 18.3 Å². The summed E-state index contributed by atoms with van der Waals surface area (Å²) in [7, 11) is 0. The van der Waals surface area contributed by atoms with E-state index in [0.29, 0.717) is 0 Å². The van der Waals surface area contributed by atoms with Crippen molar-refractivity contribution in [2.45, 2.75) is 110 Å². The van der Waals surface area contributed by atoms with E-state index in [4.69, 9.17) is 0 Å². The summed E-state index contributed by atoms with van der Waals surface area (Å²) in [6.45, 7) is 26.8. The van der Waals surface area contributed by atoms with Gasteiger partial charge in [-0.05, 0) is 33.3 Å². The van der Waals surface area contributed by atoms with E-state index in [1.54, 1.807) is 20.8 Å². The van der Waals surface area contributed by atoms with Gasteiger partial charge in [-0.3, -0.25) is 30.3 Å². The van der Waals surface area contributed by atoms with E-state index < -0.39 is 6.04 Å². The highest BCUT2D eigenvalue weighted by atomic mass is 16.6. The van der Waals surface area contributed by atoms with Crippen LogP contribution in [0.1, 0.15) is 104 Å². The van der Waals surface area contributed by atoms with Crippen LogP contribution in [0.5, 0.6) is 0 Å². The molecule has 9 radical (unpaired) electrons. The normalized spacial score (nSPS) is 7.65. The lowest BCUT2D eigenvalue weighted by atomic mass is 10.1. The van der Waals surface area contributed by atoms with Crippen LogP contribution < -0.4 is 0 Å². The molecule has 199 valence electrons. The monoisotopic (exact) mass is 488 g/mol. The maximum absolute atomic E-state index is 9.95. The topological polar surface area (TPSA) is 146 Å². The summed E-state index contributed by atoms with van der Waals surface area (Å²) in [4.78, 5) is 37.4. The van der Waals surface area contributed by atoms with Crippen LogP contribution in [0.4, 0.5) is 0 Å². The Hall–Kier alpha value is -2.20. The molecule has 13 heteroatoms. The lowest BCUT2D eigenvalue weighted by Gasteiger charge is -2.04. The van der Waals surface area contributed by atoms with E-state index in [1.165, 1.54) is 27.7 Å². The zero-order chi connectivity index (χ0) is 27.3. The van der Waals surface area contributed by atoms with Crippen molar-refractivity contribution in [3.05, 3.63) is 41.6 Å². The molecule has 0 amide bonds. The molecule has 1 atom stereocenters. The Morgan fingerprint density at radius 3 is 0.912 bits per heavy atom. The van der Waals surface area contributed by atoms with Crippen LogP contribution in [-0.4, -0.2) is 58.4 Å². The van der Waals surface area contributed by atoms with E-state index in [-0.39, 0.29) is 64.0 Å². The molecule has 0 aromatic carbocycles. The van der Waals surface area contributed by atoms with Crippen LogP contribution in [0.3, 0.4) is 0 Å². The fourth-order valence-corrected chi connectivity index (χ4v) is 0.426. The number of allylic oxidation sites excluding steroid dienone is 2. The standard InChI is InChI=1S/C5H11NO2.C5H9NO2.C3H6O.C2H5NO2.3C2H6.3B/c2*1-4(2)5(3)6(7)8;1-3(2)4;1-2-3(4)5;3*1-2;;;/h4-5H,1-3H3;1-3H3;1-2H3;2H2,1H3;3*1-2H3;;;. The van der Waals surface area contributed by atoms with Crippen LogP contribution >= 0.6 is 0 Å². The van der Waals surface area contributed by atoms with Gasteiger partial charge in [0.05, 0.1) is 4.92 Å². The minimum Gasteiger partial charge on any atom is -0.300 e. The third-order valence-corrected chi connectivity index (χ3v) is 2.55. The second kappa shape index (κ2) is 52.6. The minimum atomic E-state index is -0.407. The zero-order valence-electron chi connectivity index (χ0n) is 24.3. The fraction of sp³-hybridized carbons (Fsp3) is 0.857. The summed E-state index contributed by atoms with van der Waals surface area (Å²) in [6, 6.07) is -0.407. The third-order valence-electron chi connectivity index (χ3n) is 2.55. The van der Waals surface area contributed by atoms with Gasteiger partial charge in [-0.15, -0.1) is 0 Å². The molecule has 0 aromatic rings. The summed E-state index contributed by atoms with van der Waals surface area (Å²) in [5.74, 6) is 0.310. The highest BCUT2D eigenvalue weighted by Gasteiger charge is 2.16. The molecular weight excluding hydrogens is 439 g/mol. The Kier molecular flexibility index (Phi) is 98.2. The van der Waals surface area contributed by atoms with E-state index in [9.17, 15) is 35.1 Å². The molecule has 0 aromatic heterocycles. The minimum absolute atomic E-state index is 0. The van der Waals surface area contributed by atoms with Crippen LogP contribution in [0.15, 0.2) is 11.3 Å². The second-order valence-electron chi connectivity index (χ2n) is 5.67. The van der Waals surface area contributed by atoms with Crippen molar-refractivity contribution >= 4 is 31.0 Å². The second-order valence-corrected chi connectivity index (χ2v) is 5.67. The van der Waals surface area contributed by atoms with Gasteiger partial charge in [-0.1, -0.05) is 55.4 Å². The van der Waals surface area contributed by atoms with Crippen molar-refractivity contribution in [1.82, 2.24) is 0 Å². The summed E-state index contributed by atoms with van der Waals surface area (Å²) in [5.41, 5.74) is 1.00. The first-order chi connectivity index (χ1) is 14.1. The van der Waals surface area contributed by atoms with Gasteiger partial charge in [0.1, 0.15) is 5.78 Å². The molecule has 0 spiro atoms. The lowest BCUT2D eigenvalue weighted by molar-refractivity contribution is -0.526.